The average Bonchev–Trinajstić information content (AvgIpc) is 3.02. The molecule has 26 heavy (non-hydrogen) atoms. The Balaban J connectivity index is 1.74. The Kier molecular flexibility index (Phi) is 5.11. The van der Waals surface area contributed by atoms with E-state index < -0.39 is 0 Å². The minimum atomic E-state index is -0.0789. The lowest BCUT2D eigenvalue weighted by Gasteiger charge is -2.40. The van der Waals surface area contributed by atoms with Crippen molar-refractivity contribution >= 4 is 23.2 Å². The van der Waals surface area contributed by atoms with E-state index in [9.17, 15) is 9.59 Å². The van der Waals surface area contributed by atoms with Crippen molar-refractivity contribution in [3.05, 3.63) is 60.6 Å². The maximum absolute atomic E-state index is 12.7. The third-order valence-electron chi connectivity index (χ3n) is 4.36. The molecule has 0 spiro atoms. The van der Waals surface area contributed by atoms with Gasteiger partial charge in [-0.1, -0.05) is 30.9 Å². The van der Waals surface area contributed by atoms with Crippen molar-refractivity contribution in [2.24, 2.45) is 0 Å². The van der Waals surface area contributed by atoms with Gasteiger partial charge in [0.25, 0.3) is 0 Å². The quantitative estimate of drug-likeness (QED) is 0.837. The van der Waals surface area contributed by atoms with Crippen molar-refractivity contribution in [1.29, 1.82) is 0 Å². The van der Waals surface area contributed by atoms with E-state index in [4.69, 9.17) is 9.47 Å². The number of carbonyl (C=O) groups excluding carboxylic acids is 2. The normalized spacial score (nSPS) is 20.9. The lowest BCUT2D eigenvalue weighted by atomic mass is 10.1. The summed E-state index contributed by atoms with van der Waals surface area (Å²) in [6.45, 7) is 7.85. The highest BCUT2D eigenvalue weighted by atomic mass is 16.7. The number of amides is 2. The van der Waals surface area contributed by atoms with Crippen LogP contribution in [0.2, 0.25) is 0 Å². The van der Waals surface area contributed by atoms with Crippen LogP contribution in [0.3, 0.4) is 0 Å². The molecule has 3 rings (SSSR count). The lowest BCUT2D eigenvalue weighted by molar-refractivity contribution is -0.119. The molecule has 2 aliphatic rings. The average molecular weight is 354 g/mol. The van der Waals surface area contributed by atoms with Gasteiger partial charge in [0.1, 0.15) is 0 Å². The fourth-order valence-electron chi connectivity index (χ4n) is 3.19. The van der Waals surface area contributed by atoms with Gasteiger partial charge < -0.3 is 19.3 Å². The third kappa shape index (κ3) is 3.49. The molecule has 0 radical (unpaired) electrons. The second-order valence-corrected chi connectivity index (χ2v) is 6.22. The number of nitrogens with zero attached hydrogens (tertiary/aromatic N) is 2. The number of anilines is 2. The standard InChI is InChI=1S/C20H22N2O4/c1-14-12-21(17-8-4-5-9-18(17)22(14)16(3)23)20(24)11-7-6-10-19-15(2)25-13-26-19/h4-10,14H,2,11-13H2,1,3H3/b7-6+,19-10+. The van der Waals surface area contributed by atoms with Gasteiger partial charge in [-0.2, -0.15) is 0 Å². The Morgan fingerprint density at radius 3 is 2.65 bits per heavy atom. The van der Waals surface area contributed by atoms with Gasteiger partial charge in [-0.3, -0.25) is 9.59 Å². The molecular formula is C20H22N2O4. The number of ether oxygens (including phenoxy) is 2. The fourth-order valence-corrected chi connectivity index (χ4v) is 3.19. The van der Waals surface area contributed by atoms with Crippen LogP contribution in [0, 0.1) is 0 Å². The van der Waals surface area contributed by atoms with E-state index in [2.05, 4.69) is 6.58 Å². The maximum atomic E-state index is 12.7. The third-order valence-corrected chi connectivity index (χ3v) is 4.36. The molecule has 2 amide bonds. The second kappa shape index (κ2) is 7.47. The molecule has 1 aromatic rings. The van der Waals surface area contributed by atoms with Crippen molar-refractivity contribution in [2.45, 2.75) is 26.3 Å². The Bertz CT molecular complexity index is 797. The summed E-state index contributed by atoms with van der Waals surface area (Å²) in [4.78, 5) is 28.2. The minimum Gasteiger partial charge on any atom is -0.454 e. The number of para-hydroxylation sites is 2. The molecule has 1 unspecified atom stereocenters. The summed E-state index contributed by atoms with van der Waals surface area (Å²) in [5, 5.41) is 0. The highest BCUT2D eigenvalue weighted by Crippen LogP contribution is 2.35. The first-order valence-electron chi connectivity index (χ1n) is 8.50. The topological polar surface area (TPSA) is 59.1 Å². The highest BCUT2D eigenvalue weighted by molar-refractivity contribution is 6.04. The zero-order valence-electron chi connectivity index (χ0n) is 15.0. The number of benzene rings is 1. The van der Waals surface area contributed by atoms with Crippen LogP contribution in [0.15, 0.2) is 60.6 Å². The van der Waals surface area contributed by atoms with E-state index in [1.54, 1.807) is 35.0 Å². The fraction of sp³-hybridized carbons (Fsp3) is 0.300. The van der Waals surface area contributed by atoms with Gasteiger partial charge in [0.05, 0.1) is 17.4 Å². The van der Waals surface area contributed by atoms with Gasteiger partial charge in [-0.15, -0.1) is 0 Å². The van der Waals surface area contributed by atoms with E-state index >= 15 is 0 Å². The van der Waals surface area contributed by atoms with Gasteiger partial charge >= 0.3 is 0 Å². The second-order valence-electron chi connectivity index (χ2n) is 6.22. The van der Waals surface area contributed by atoms with E-state index in [-0.39, 0.29) is 31.1 Å². The molecule has 0 aromatic heterocycles. The van der Waals surface area contributed by atoms with E-state index in [0.717, 1.165) is 11.4 Å². The minimum absolute atomic E-state index is 0.0235. The van der Waals surface area contributed by atoms with Gasteiger partial charge in [-0.05, 0) is 25.1 Å². The number of hydrogen-bond donors (Lipinski definition) is 0. The van der Waals surface area contributed by atoms with Gasteiger partial charge in [-0.25, -0.2) is 0 Å². The van der Waals surface area contributed by atoms with Gasteiger partial charge in [0.2, 0.25) is 18.6 Å². The molecule has 6 heteroatoms. The summed E-state index contributed by atoms with van der Waals surface area (Å²) in [5.41, 5.74) is 1.53. The smallest absolute Gasteiger partial charge is 0.231 e. The Morgan fingerprint density at radius 2 is 2.00 bits per heavy atom. The Morgan fingerprint density at radius 1 is 1.27 bits per heavy atom. The summed E-state index contributed by atoms with van der Waals surface area (Å²) in [6.07, 6.45) is 5.51. The van der Waals surface area contributed by atoms with E-state index in [1.165, 1.54) is 0 Å². The number of hydrogen-bond acceptors (Lipinski definition) is 4. The van der Waals surface area contributed by atoms with Crippen LogP contribution in [0.1, 0.15) is 20.3 Å². The van der Waals surface area contributed by atoms with Crippen LogP contribution in [-0.2, 0) is 19.1 Å². The van der Waals surface area contributed by atoms with Crippen LogP contribution in [-0.4, -0.2) is 31.2 Å². The van der Waals surface area contributed by atoms with Crippen molar-refractivity contribution < 1.29 is 19.1 Å². The molecule has 0 bridgehead atoms. The van der Waals surface area contributed by atoms with Crippen molar-refractivity contribution in [1.82, 2.24) is 0 Å². The predicted octanol–water partition coefficient (Wildman–Crippen LogP) is 3.12. The molecule has 0 N–H and O–H groups in total. The summed E-state index contributed by atoms with van der Waals surface area (Å²) in [6, 6.07) is 7.41. The summed E-state index contributed by atoms with van der Waals surface area (Å²) >= 11 is 0. The molecule has 1 fully saturated rings. The van der Waals surface area contributed by atoms with Crippen LogP contribution in [0.4, 0.5) is 11.4 Å². The molecule has 0 aliphatic carbocycles. The largest absolute Gasteiger partial charge is 0.454 e. The van der Waals surface area contributed by atoms with Crippen LogP contribution in [0.5, 0.6) is 0 Å². The Hall–Kier alpha value is -3.02. The molecule has 2 aliphatic heterocycles. The number of carbonyl (C=O) groups is 2. The molecule has 136 valence electrons. The van der Waals surface area contributed by atoms with E-state index in [0.29, 0.717) is 18.1 Å². The first-order chi connectivity index (χ1) is 12.5. The SMILES string of the molecule is C=C1OCO/C1=C/C=C/CC(=O)N1CC(C)N(C(C)=O)c2ccccc21. The van der Waals surface area contributed by atoms with Crippen LogP contribution < -0.4 is 9.80 Å². The number of fused-ring (bicyclic) bond motifs is 1. The van der Waals surface area contributed by atoms with Gasteiger partial charge in [0.15, 0.2) is 11.5 Å². The summed E-state index contributed by atoms with van der Waals surface area (Å²) in [5.74, 6) is 1.01. The van der Waals surface area contributed by atoms with Crippen LogP contribution >= 0.6 is 0 Å². The zero-order chi connectivity index (χ0) is 18.7. The molecule has 6 nitrogen and oxygen atoms in total. The van der Waals surface area contributed by atoms with Crippen molar-refractivity contribution in [3.63, 3.8) is 0 Å². The molecule has 0 saturated carbocycles. The Labute approximate surface area is 153 Å². The number of allylic oxidation sites excluding steroid dienone is 2. The summed E-state index contributed by atoms with van der Waals surface area (Å²) in [7, 11) is 0. The number of rotatable bonds is 3. The van der Waals surface area contributed by atoms with Crippen LogP contribution in [0.25, 0.3) is 0 Å². The maximum Gasteiger partial charge on any atom is 0.231 e. The molecule has 2 heterocycles. The lowest BCUT2D eigenvalue weighted by Crippen LogP contribution is -2.51. The zero-order valence-corrected chi connectivity index (χ0v) is 15.0. The first kappa shape index (κ1) is 17.8. The van der Waals surface area contributed by atoms with Gasteiger partial charge in [0, 0.05) is 19.9 Å². The predicted molar refractivity (Wildman–Crippen MR) is 99.4 cm³/mol. The van der Waals surface area contributed by atoms with Crippen molar-refractivity contribution in [2.75, 3.05) is 23.1 Å². The molecule has 1 atom stereocenters. The van der Waals surface area contributed by atoms with E-state index in [1.807, 2.05) is 31.2 Å². The monoisotopic (exact) mass is 354 g/mol. The molecule has 1 saturated heterocycles. The first-order valence-corrected chi connectivity index (χ1v) is 8.50. The van der Waals surface area contributed by atoms with Crippen molar-refractivity contribution in [3.8, 4) is 0 Å². The molecular weight excluding hydrogens is 332 g/mol. The molecule has 1 aromatic carbocycles. The summed E-state index contributed by atoms with van der Waals surface area (Å²) < 4.78 is 10.3. The highest BCUT2D eigenvalue weighted by Gasteiger charge is 2.32.